The highest BCUT2D eigenvalue weighted by Gasteiger charge is 2.52. The van der Waals surface area contributed by atoms with Crippen molar-refractivity contribution in [1.29, 1.82) is 0 Å². The number of primary amides is 1. The van der Waals surface area contributed by atoms with Gasteiger partial charge in [-0.2, -0.15) is 4.98 Å². The van der Waals surface area contributed by atoms with Crippen LogP contribution in [0.5, 0.6) is 0 Å². The van der Waals surface area contributed by atoms with Gasteiger partial charge in [-0.05, 0) is 43.2 Å². The van der Waals surface area contributed by atoms with Crippen molar-refractivity contribution in [2.45, 2.75) is 63.1 Å². The smallest absolute Gasteiger partial charge is 0.245 e. The van der Waals surface area contributed by atoms with Crippen LogP contribution in [0, 0.1) is 5.92 Å². The summed E-state index contributed by atoms with van der Waals surface area (Å²) in [6.07, 6.45) is 11.0. The Morgan fingerprint density at radius 2 is 1.97 bits per heavy atom. The molecular formula is C25H32N8O. The largest absolute Gasteiger partial charge is 0.368 e. The van der Waals surface area contributed by atoms with E-state index in [2.05, 4.69) is 32.7 Å². The van der Waals surface area contributed by atoms with Gasteiger partial charge in [0.15, 0.2) is 0 Å². The Bertz CT molecular complexity index is 1120. The van der Waals surface area contributed by atoms with Crippen LogP contribution in [-0.4, -0.2) is 37.9 Å². The van der Waals surface area contributed by atoms with Gasteiger partial charge in [0.25, 0.3) is 0 Å². The fraction of sp³-hybridized carbons (Fsp3) is 0.480. The van der Waals surface area contributed by atoms with Crippen LogP contribution in [0.1, 0.15) is 62.2 Å². The SMILES string of the molecule is CN(Cc1ccccc1)c1nccc(N[C@H](c2cn(C3(C(N)=O)CC3)nn2)C2CCCCC2)n1. The summed E-state index contributed by atoms with van der Waals surface area (Å²) in [5.74, 6) is 1.49. The summed E-state index contributed by atoms with van der Waals surface area (Å²) in [6, 6.07) is 12.1. The minimum atomic E-state index is -0.704. The molecule has 2 heterocycles. The molecule has 0 spiro atoms. The van der Waals surface area contributed by atoms with Crippen LogP contribution in [0.25, 0.3) is 0 Å². The lowest BCUT2D eigenvalue weighted by Gasteiger charge is -2.30. The standard InChI is InChI=1S/C25H32N8O/c1-32(16-18-8-4-2-5-9-18)24-27-15-12-21(29-24)28-22(19-10-6-3-7-11-19)20-17-33(31-30-20)25(13-14-25)23(26)34/h2,4-5,8-9,12,15,17,19,22H,3,6-7,10-11,13-14,16H2,1H3,(H2,26,34)(H,27,28,29)/t22-/m0/s1. The summed E-state index contributed by atoms with van der Waals surface area (Å²) < 4.78 is 1.67. The average molecular weight is 461 g/mol. The average Bonchev–Trinajstić information content (AvgIpc) is 3.54. The van der Waals surface area contributed by atoms with E-state index in [1.165, 1.54) is 24.8 Å². The molecule has 0 radical (unpaired) electrons. The summed E-state index contributed by atoms with van der Waals surface area (Å²) in [6.45, 7) is 0.722. The van der Waals surface area contributed by atoms with E-state index in [1.807, 2.05) is 42.4 Å². The molecule has 9 nitrogen and oxygen atoms in total. The predicted molar refractivity (Wildman–Crippen MR) is 130 cm³/mol. The van der Waals surface area contributed by atoms with E-state index in [-0.39, 0.29) is 11.9 Å². The second kappa shape index (κ2) is 9.40. The Kier molecular flexibility index (Phi) is 6.17. The minimum Gasteiger partial charge on any atom is -0.368 e. The van der Waals surface area contributed by atoms with Crippen molar-refractivity contribution in [3.8, 4) is 0 Å². The van der Waals surface area contributed by atoms with Gasteiger partial charge >= 0.3 is 0 Å². The molecule has 0 unspecified atom stereocenters. The van der Waals surface area contributed by atoms with Gasteiger partial charge in [-0.3, -0.25) is 4.79 Å². The summed E-state index contributed by atoms with van der Waals surface area (Å²) in [7, 11) is 2.00. The van der Waals surface area contributed by atoms with E-state index in [1.54, 1.807) is 10.9 Å². The first-order valence-corrected chi connectivity index (χ1v) is 12.1. The molecule has 34 heavy (non-hydrogen) atoms. The highest BCUT2D eigenvalue weighted by atomic mass is 16.2. The van der Waals surface area contributed by atoms with Crippen LogP contribution in [0.2, 0.25) is 0 Å². The maximum absolute atomic E-state index is 12.0. The van der Waals surface area contributed by atoms with Crippen LogP contribution in [-0.2, 0) is 16.9 Å². The topological polar surface area (TPSA) is 115 Å². The lowest BCUT2D eigenvalue weighted by atomic mass is 9.83. The summed E-state index contributed by atoms with van der Waals surface area (Å²) in [4.78, 5) is 23.3. The molecule has 2 aromatic heterocycles. The number of carbonyl (C=O) groups excluding carboxylic acids is 1. The molecule has 2 saturated carbocycles. The first-order chi connectivity index (χ1) is 16.5. The quantitative estimate of drug-likeness (QED) is 0.503. The zero-order valence-corrected chi connectivity index (χ0v) is 19.6. The number of aromatic nitrogens is 5. The van der Waals surface area contributed by atoms with Crippen LogP contribution in [0.15, 0.2) is 48.8 Å². The Balaban J connectivity index is 1.37. The Morgan fingerprint density at radius 1 is 1.21 bits per heavy atom. The van der Waals surface area contributed by atoms with Gasteiger partial charge in [0.2, 0.25) is 11.9 Å². The van der Waals surface area contributed by atoms with Crippen molar-refractivity contribution < 1.29 is 4.79 Å². The van der Waals surface area contributed by atoms with Gasteiger partial charge in [0, 0.05) is 19.8 Å². The number of hydrogen-bond donors (Lipinski definition) is 2. The molecule has 1 atom stereocenters. The molecule has 0 aliphatic heterocycles. The maximum atomic E-state index is 12.0. The molecule has 5 rings (SSSR count). The normalized spacial score (nSPS) is 18.3. The summed E-state index contributed by atoms with van der Waals surface area (Å²) >= 11 is 0. The van der Waals surface area contributed by atoms with Gasteiger partial charge in [-0.1, -0.05) is 54.8 Å². The lowest BCUT2D eigenvalue weighted by Crippen LogP contribution is -2.34. The molecule has 2 aliphatic rings. The second-order valence-electron chi connectivity index (χ2n) is 9.59. The van der Waals surface area contributed by atoms with Crippen molar-refractivity contribution in [2.24, 2.45) is 11.7 Å². The van der Waals surface area contributed by atoms with Gasteiger partial charge in [-0.15, -0.1) is 5.10 Å². The number of benzene rings is 1. The van der Waals surface area contributed by atoms with Crippen LogP contribution in [0.3, 0.4) is 0 Å². The first-order valence-electron chi connectivity index (χ1n) is 12.1. The third-order valence-electron chi connectivity index (χ3n) is 7.12. The number of nitrogens with one attached hydrogen (secondary N) is 1. The zero-order chi connectivity index (χ0) is 23.5. The van der Waals surface area contributed by atoms with Gasteiger partial charge in [0.05, 0.1) is 12.2 Å². The van der Waals surface area contributed by atoms with E-state index in [0.717, 1.165) is 43.7 Å². The number of amides is 1. The van der Waals surface area contributed by atoms with Crippen LogP contribution >= 0.6 is 0 Å². The van der Waals surface area contributed by atoms with Crippen LogP contribution < -0.4 is 16.0 Å². The van der Waals surface area contributed by atoms with Crippen molar-refractivity contribution >= 4 is 17.7 Å². The number of anilines is 2. The van der Waals surface area contributed by atoms with Crippen molar-refractivity contribution in [3.05, 3.63) is 60.0 Å². The fourth-order valence-corrected chi connectivity index (χ4v) is 4.94. The van der Waals surface area contributed by atoms with Crippen molar-refractivity contribution in [1.82, 2.24) is 25.0 Å². The lowest BCUT2D eigenvalue weighted by molar-refractivity contribution is -0.122. The number of nitrogens with two attached hydrogens (primary N) is 1. The van der Waals surface area contributed by atoms with E-state index in [9.17, 15) is 4.79 Å². The number of hydrogen-bond acceptors (Lipinski definition) is 7. The minimum absolute atomic E-state index is 0.0418. The third-order valence-corrected chi connectivity index (χ3v) is 7.12. The fourth-order valence-electron chi connectivity index (χ4n) is 4.94. The highest BCUT2D eigenvalue weighted by Crippen LogP contribution is 2.43. The molecule has 1 aromatic carbocycles. The van der Waals surface area contributed by atoms with E-state index in [4.69, 9.17) is 10.7 Å². The zero-order valence-electron chi connectivity index (χ0n) is 19.6. The molecule has 2 fully saturated rings. The third kappa shape index (κ3) is 4.60. The van der Waals surface area contributed by atoms with Gasteiger partial charge < -0.3 is 16.0 Å². The molecule has 9 heteroatoms. The molecule has 1 amide bonds. The monoisotopic (exact) mass is 460 g/mol. The predicted octanol–water partition coefficient (Wildman–Crippen LogP) is 3.41. The van der Waals surface area contributed by atoms with Gasteiger partial charge in [-0.25, -0.2) is 9.67 Å². The Morgan fingerprint density at radius 3 is 2.68 bits per heavy atom. The molecule has 0 saturated heterocycles. The summed E-state index contributed by atoms with van der Waals surface area (Å²) in [5, 5.41) is 12.4. The Hall–Kier alpha value is -3.49. The molecule has 0 bridgehead atoms. The van der Waals surface area contributed by atoms with E-state index >= 15 is 0 Å². The second-order valence-corrected chi connectivity index (χ2v) is 9.59. The van der Waals surface area contributed by atoms with Gasteiger partial charge in [0.1, 0.15) is 17.1 Å². The molecule has 178 valence electrons. The maximum Gasteiger partial charge on any atom is 0.245 e. The van der Waals surface area contributed by atoms with Crippen LogP contribution in [0.4, 0.5) is 11.8 Å². The summed E-state index contributed by atoms with van der Waals surface area (Å²) in [5.41, 5.74) is 6.98. The highest BCUT2D eigenvalue weighted by molar-refractivity contribution is 5.85. The number of rotatable bonds is 9. The molecule has 3 aromatic rings. The number of carbonyl (C=O) groups is 1. The molecule has 2 aliphatic carbocycles. The number of nitrogens with zero attached hydrogens (tertiary/aromatic N) is 6. The van der Waals surface area contributed by atoms with E-state index in [0.29, 0.717) is 11.9 Å². The molecular weight excluding hydrogens is 428 g/mol. The Labute approximate surface area is 199 Å². The van der Waals surface area contributed by atoms with Crippen molar-refractivity contribution in [3.63, 3.8) is 0 Å². The molecule has 3 N–H and O–H groups in total. The first kappa shape index (κ1) is 22.3. The van der Waals surface area contributed by atoms with Crippen molar-refractivity contribution in [2.75, 3.05) is 17.3 Å². The van der Waals surface area contributed by atoms with E-state index < -0.39 is 5.54 Å².